The number of nitrogens with one attached hydrogen (secondary N) is 1. The third kappa shape index (κ3) is 4.94. The number of aliphatic hydroxyl groups is 1. The molecule has 1 aliphatic rings. The van der Waals surface area contributed by atoms with Crippen LogP contribution in [0.3, 0.4) is 0 Å². The van der Waals surface area contributed by atoms with E-state index in [2.05, 4.69) is 38.2 Å². The van der Waals surface area contributed by atoms with Gasteiger partial charge in [-0.25, -0.2) is 0 Å². The SMILES string of the molecule is CNC1CCC(C)(C)CC1CN(C)CC(C)O. The molecular formula is C14H30N2O. The molecule has 17 heavy (non-hydrogen) atoms. The van der Waals surface area contributed by atoms with E-state index in [1.54, 1.807) is 0 Å². The zero-order valence-corrected chi connectivity index (χ0v) is 12.2. The summed E-state index contributed by atoms with van der Waals surface area (Å²) in [5.74, 6) is 0.701. The van der Waals surface area contributed by atoms with Crippen molar-refractivity contribution in [2.45, 2.75) is 52.2 Å². The number of hydrogen-bond donors (Lipinski definition) is 2. The minimum absolute atomic E-state index is 0.232. The highest BCUT2D eigenvalue weighted by Crippen LogP contribution is 2.38. The monoisotopic (exact) mass is 242 g/mol. The van der Waals surface area contributed by atoms with Crippen LogP contribution in [0.4, 0.5) is 0 Å². The fourth-order valence-corrected chi connectivity index (χ4v) is 3.23. The Hall–Kier alpha value is -0.120. The van der Waals surface area contributed by atoms with Gasteiger partial charge >= 0.3 is 0 Å². The first-order chi connectivity index (χ1) is 7.84. The van der Waals surface area contributed by atoms with Crippen molar-refractivity contribution in [1.82, 2.24) is 10.2 Å². The second kappa shape index (κ2) is 6.17. The van der Waals surface area contributed by atoms with Crippen LogP contribution in [0.25, 0.3) is 0 Å². The van der Waals surface area contributed by atoms with Gasteiger partial charge in [-0.15, -0.1) is 0 Å². The molecule has 3 nitrogen and oxygen atoms in total. The van der Waals surface area contributed by atoms with Crippen molar-refractivity contribution < 1.29 is 5.11 Å². The predicted molar refractivity (Wildman–Crippen MR) is 73.1 cm³/mol. The van der Waals surface area contributed by atoms with Crippen LogP contribution in [-0.2, 0) is 0 Å². The summed E-state index contributed by atoms with van der Waals surface area (Å²) >= 11 is 0. The van der Waals surface area contributed by atoms with E-state index in [1.807, 2.05) is 6.92 Å². The molecule has 0 aliphatic heterocycles. The lowest BCUT2D eigenvalue weighted by Crippen LogP contribution is -2.46. The molecule has 1 aliphatic carbocycles. The molecule has 0 aromatic heterocycles. The summed E-state index contributed by atoms with van der Waals surface area (Å²) in [7, 11) is 4.19. The molecule has 0 radical (unpaired) electrons. The van der Waals surface area contributed by atoms with Crippen LogP contribution in [0.15, 0.2) is 0 Å². The van der Waals surface area contributed by atoms with Crippen molar-refractivity contribution in [1.29, 1.82) is 0 Å². The fourth-order valence-electron chi connectivity index (χ4n) is 3.23. The second-order valence-electron chi connectivity index (χ2n) is 6.63. The lowest BCUT2D eigenvalue weighted by Gasteiger charge is -2.42. The van der Waals surface area contributed by atoms with Gasteiger partial charge in [0.25, 0.3) is 0 Å². The van der Waals surface area contributed by atoms with Crippen LogP contribution < -0.4 is 5.32 Å². The van der Waals surface area contributed by atoms with Gasteiger partial charge in [0.15, 0.2) is 0 Å². The maximum Gasteiger partial charge on any atom is 0.0638 e. The fraction of sp³-hybridized carbons (Fsp3) is 1.00. The minimum atomic E-state index is -0.232. The van der Waals surface area contributed by atoms with Crippen LogP contribution in [-0.4, -0.2) is 49.3 Å². The quantitative estimate of drug-likeness (QED) is 0.770. The van der Waals surface area contributed by atoms with Crippen molar-refractivity contribution in [3.63, 3.8) is 0 Å². The van der Waals surface area contributed by atoms with Crippen molar-refractivity contribution in [2.24, 2.45) is 11.3 Å². The molecule has 0 aromatic carbocycles. The third-order valence-corrected chi connectivity index (χ3v) is 4.01. The number of hydrogen-bond acceptors (Lipinski definition) is 3. The summed E-state index contributed by atoms with van der Waals surface area (Å²) in [4.78, 5) is 2.26. The lowest BCUT2D eigenvalue weighted by atomic mass is 9.69. The van der Waals surface area contributed by atoms with Crippen molar-refractivity contribution in [3.8, 4) is 0 Å². The number of likely N-dealkylation sites (N-methyl/N-ethyl adjacent to an activating group) is 1. The zero-order chi connectivity index (χ0) is 13.1. The summed E-state index contributed by atoms with van der Waals surface area (Å²) in [5, 5.41) is 12.9. The first-order valence-electron chi connectivity index (χ1n) is 6.88. The van der Waals surface area contributed by atoms with E-state index in [0.717, 1.165) is 13.1 Å². The molecule has 3 unspecified atom stereocenters. The molecule has 0 aromatic rings. The number of nitrogens with zero attached hydrogens (tertiary/aromatic N) is 1. The Bertz CT molecular complexity index is 228. The summed E-state index contributed by atoms with van der Waals surface area (Å²) in [6.07, 6.45) is 3.64. The average molecular weight is 242 g/mol. The Balaban J connectivity index is 2.52. The molecule has 0 bridgehead atoms. The summed E-state index contributed by atoms with van der Waals surface area (Å²) in [6, 6.07) is 0.638. The van der Waals surface area contributed by atoms with Crippen LogP contribution in [0, 0.1) is 11.3 Å². The minimum Gasteiger partial charge on any atom is -0.392 e. The predicted octanol–water partition coefficient (Wildman–Crippen LogP) is 1.71. The lowest BCUT2D eigenvalue weighted by molar-refractivity contribution is 0.0873. The molecule has 1 fully saturated rings. The van der Waals surface area contributed by atoms with E-state index in [-0.39, 0.29) is 6.10 Å². The Labute approximate surface area is 107 Å². The van der Waals surface area contributed by atoms with E-state index < -0.39 is 0 Å². The maximum atomic E-state index is 9.42. The van der Waals surface area contributed by atoms with Gasteiger partial charge in [-0.2, -0.15) is 0 Å². The van der Waals surface area contributed by atoms with Gasteiger partial charge in [0.1, 0.15) is 0 Å². The molecule has 3 heteroatoms. The Morgan fingerprint density at radius 1 is 1.47 bits per heavy atom. The molecule has 0 saturated heterocycles. The van der Waals surface area contributed by atoms with Gasteiger partial charge in [0.2, 0.25) is 0 Å². The molecule has 1 rings (SSSR count). The van der Waals surface area contributed by atoms with Gasteiger partial charge < -0.3 is 15.3 Å². The number of rotatable bonds is 5. The molecule has 102 valence electrons. The summed E-state index contributed by atoms with van der Waals surface area (Å²) in [6.45, 7) is 8.46. The topological polar surface area (TPSA) is 35.5 Å². The van der Waals surface area contributed by atoms with Crippen LogP contribution in [0.5, 0.6) is 0 Å². The molecule has 0 amide bonds. The Morgan fingerprint density at radius 3 is 2.65 bits per heavy atom. The molecule has 2 N–H and O–H groups in total. The Kier molecular flexibility index (Phi) is 5.42. The largest absolute Gasteiger partial charge is 0.392 e. The van der Waals surface area contributed by atoms with Gasteiger partial charge in [0, 0.05) is 19.1 Å². The van der Waals surface area contributed by atoms with E-state index in [1.165, 1.54) is 19.3 Å². The third-order valence-electron chi connectivity index (χ3n) is 4.01. The van der Waals surface area contributed by atoms with E-state index in [9.17, 15) is 5.11 Å². The molecular weight excluding hydrogens is 212 g/mol. The highest BCUT2D eigenvalue weighted by molar-refractivity contribution is 4.89. The van der Waals surface area contributed by atoms with Gasteiger partial charge in [0.05, 0.1) is 6.10 Å². The molecule has 0 spiro atoms. The van der Waals surface area contributed by atoms with Crippen molar-refractivity contribution >= 4 is 0 Å². The van der Waals surface area contributed by atoms with E-state index >= 15 is 0 Å². The molecule has 1 saturated carbocycles. The van der Waals surface area contributed by atoms with Gasteiger partial charge in [-0.3, -0.25) is 0 Å². The second-order valence-corrected chi connectivity index (χ2v) is 6.63. The van der Waals surface area contributed by atoms with E-state index in [4.69, 9.17) is 0 Å². The highest BCUT2D eigenvalue weighted by atomic mass is 16.3. The maximum absolute atomic E-state index is 9.42. The summed E-state index contributed by atoms with van der Waals surface area (Å²) < 4.78 is 0. The van der Waals surface area contributed by atoms with Crippen LogP contribution in [0.2, 0.25) is 0 Å². The van der Waals surface area contributed by atoms with Crippen LogP contribution in [0.1, 0.15) is 40.0 Å². The zero-order valence-electron chi connectivity index (χ0n) is 12.2. The van der Waals surface area contributed by atoms with Gasteiger partial charge in [-0.1, -0.05) is 13.8 Å². The van der Waals surface area contributed by atoms with E-state index in [0.29, 0.717) is 17.4 Å². The average Bonchev–Trinajstić information content (AvgIpc) is 2.15. The standard InChI is InChI=1S/C14H30N2O/c1-11(17)9-16(5)10-12-8-14(2,3)7-6-13(12)15-4/h11-13,15,17H,6-10H2,1-5H3. The first kappa shape index (κ1) is 14.9. The Morgan fingerprint density at radius 2 is 2.12 bits per heavy atom. The normalized spacial score (nSPS) is 30.5. The van der Waals surface area contributed by atoms with Crippen molar-refractivity contribution in [3.05, 3.63) is 0 Å². The van der Waals surface area contributed by atoms with Crippen LogP contribution >= 0.6 is 0 Å². The van der Waals surface area contributed by atoms with Crippen molar-refractivity contribution in [2.75, 3.05) is 27.2 Å². The molecule has 3 atom stereocenters. The summed E-state index contributed by atoms with van der Waals surface area (Å²) in [5.41, 5.74) is 0.476. The highest BCUT2D eigenvalue weighted by Gasteiger charge is 2.34. The first-order valence-corrected chi connectivity index (χ1v) is 6.88. The molecule has 0 heterocycles. The number of aliphatic hydroxyl groups excluding tert-OH is 1. The van der Waals surface area contributed by atoms with Gasteiger partial charge in [-0.05, 0) is 51.6 Å². The smallest absolute Gasteiger partial charge is 0.0638 e.